The first-order valence-electron chi connectivity index (χ1n) is 4.34. The maximum atomic E-state index is 10.8. The third-order valence-electron chi connectivity index (χ3n) is 2.49. The molecule has 1 N–H and O–H groups in total. The van der Waals surface area contributed by atoms with Gasteiger partial charge in [-0.3, -0.25) is 0 Å². The van der Waals surface area contributed by atoms with E-state index in [-0.39, 0.29) is 0 Å². The second-order valence-electron chi connectivity index (χ2n) is 3.27. The maximum Gasteiger partial charge on any atom is 0.416 e. The van der Waals surface area contributed by atoms with Gasteiger partial charge < -0.3 is 5.11 Å². The molecule has 3 heteroatoms. The zero-order valence-corrected chi connectivity index (χ0v) is 7.27. The number of hydrogen-bond acceptors (Lipinski definition) is 1. The molecular weight excluding hydrogens is 178 g/mol. The molecule has 3 rings (SSSR count). The van der Waals surface area contributed by atoms with Crippen LogP contribution in [0.4, 0.5) is 16.2 Å². The molecule has 0 bridgehead atoms. The number of carboxylic acid groups (broad SMARTS) is 1. The number of rotatable bonds is 0. The van der Waals surface area contributed by atoms with Crippen LogP contribution in [0.5, 0.6) is 0 Å². The van der Waals surface area contributed by atoms with Crippen LogP contribution in [-0.4, -0.2) is 11.2 Å². The number of nitrogens with zero attached hydrogens (tertiary/aromatic N) is 1. The highest BCUT2D eigenvalue weighted by Gasteiger charge is 2.36. The van der Waals surface area contributed by atoms with E-state index in [2.05, 4.69) is 0 Å². The van der Waals surface area contributed by atoms with E-state index in [1.807, 2.05) is 36.4 Å². The first-order chi connectivity index (χ1) is 6.79. The summed E-state index contributed by atoms with van der Waals surface area (Å²) in [5.74, 6) is 0. The summed E-state index contributed by atoms with van der Waals surface area (Å²) >= 11 is 0. The van der Waals surface area contributed by atoms with Crippen LogP contribution in [0.1, 0.15) is 0 Å². The molecule has 0 saturated heterocycles. The second kappa shape index (κ2) is 2.26. The van der Waals surface area contributed by atoms with Crippen molar-refractivity contribution in [3.63, 3.8) is 0 Å². The van der Waals surface area contributed by atoms with Crippen molar-refractivity contribution in [2.75, 3.05) is 4.90 Å². The molecule has 3 nitrogen and oxygen atoms in total. The number of amides is 1. The van der Waals surface area contributed by atoms with Crippen LogP contribution in [0.15, 0.2) is 36.4 Å². The van der Waals surface area contributed by atoms with Crippen molar-refractivity contribution in [1.82, 2.24) is 0 Å². The summed E-state index contributed by atoms with van der Waals surface area (Å²) in [4.78, 5) is 12.1. The van der Waals surface area contributed by atoms with Gasteiger partial charge in [0, 0.05) is 5.39 Å². The molecule has 0 spiro atoms. The topological polar surface area (TPSA) is 40.3 Å². The van der Waals surface area contributed by atoms with Gasteiger partial charge in [-0.05, 0) is 11.5 Å². The minimum absolute atomic E-state index is 0.802. The Kier molecular flexibility index (Phi) is 1.19. The monoisotopic (exact) mass is 185 g/mol. The predicted molar refractivity (Wildman–Crippen MR) is 54.1 cm³/mol. The SMILES string of the molecule is O=C(O)N1c2ccc3ccccc3c21. The Balaban J connectivity index is 2.29. The molecule has 0 fully saturated rings. The third-order valence-corrected chi connectivity index (χ3v) is 2.49. The van der Waals surface area contributed by atoms with Gasteiger partial charge in [0.25, 0.3) is 0 Å². The lowest BCUT2D eigenvalue weighted by atomic mass is 10.1. The predicted octanol–water partition coefficient (Wildman–Crippen LogP) is 2.97. The molecule has 68 valence electrons. The van der Waals surface area contributed by atoms with Crippen LogP contribution in [-0.2, 0) is 0 Å². The van der Waals surface area contributed by atoms with E-state index in [1.165, 1.54) is 4.90 Å². The molecule has 1 aliphatic rings. The first kappa shape index (κ1) is 7.38. The summed E-state index contributed by atoms with van der Waals surface area (Å²) < 4.78 is 0. The van der Waals surface area contributed by atoms with Gasteiger partial charge in [0.05, 0.1) is 11.4 Å². The Morgan fingerprint density at radius 2 is 1.93 bits per heavy atom. The number of carbonyl (C=O) groups is 1. The minimum atomic E-state index is -0.906. The summed E-state index contributed by atoms with van der Waals surface area (Å²) in [5, 5.41) is 10.9. The Morgan fingerprint density at radius 1 is 1.14 bits per heavy atom. The minimum Gasteiger partial charge on any atom is -0.464 e. The fourth-order valence-corrected chi connectivity index (χ4v) is 1.82. The lowest BCUT2D eigenvalue weighted by molar-refractivity contribution is 0.206. The lowest BCUT2D eigenvalue weighted by Crippen LogP contribution is -2.07. The normalized spacial score (nSPS) is 12.7. The summed E-state index contributed by atoms with van der Waals surface area (Å²) in [6, 6.07) is 11.6. The molecule has 1 amide bonds. The fraction of sp³-hybridized carbons (Fsp3) is 0. The molecule has 14 heavy (non-hydrogen) atoms. The van der Waals surface area contributed by atoms with Crippen LogP contribution < -0.4 is 4.90 Å². The molecule has 1 heterocycles. The zero-order valence-electron chi connectivity index (χ0n) is 7.27. The molecule has 0 saturated carbocycles. The van der Waals surface area contributed by atoms with Crippen molar-refractivity contribution in [3.8, 4) is 0 Å². The van der Waals surface area contributed by atoms with E-state index in [9.17, 15) is 4.79 Å². The molecule has 0 radical (unpaired) electrons. The lowest BCUT2D eigenvalue weighted by Gasteiger charge is -1.93. The molecule has 0 unspecified atom stereocenters. The number of benzene rings is 2. The van der Waals surface area contributed by atoms with Crippen LogP contribution >= 0.6 is 0 Å². The van der Waals surface area contributed by atoms with Crippen LogP contribution in [0.25, 0.3) is 10.8 Å². The average Bonchev–Trinajstić information content (AvgIpc) is 2.92. The van der Waals surface area contributed by atoms with E-state index in [0.717, 1.165) is 22.1 Å². The highest BCUT2D eigenvalue weighted by atomic mass is 16.4. The Morgan fingerprint density at radius 3 is 2.71 bits per heavy atom. The molecule has 1 aliphatic heterocycles. The summed E-state index contributed by atoms with van der Waals surface area (Å²) in [7, 11) is 0. The van der Waals surface area contributed by atoms with E-state index < -0.39 is 6.09 Å². The Hall–Kier alpha value is -2.03. The fourth-order valence-electron chi connectivity index (χ4n) is 1.82. The van der Waals surface area contributed by atoms with Crippen LogP contribution in [0.2, 0.25) is 0 Å². The van der Waals surface area contributed by atoms with Crippen molar-refractivity contribution >= 4 is 28.2 Å². The van der Waals surface area contributed by atoms with E-state index >= 15 is 0 Å². The summed E-state index contributed by atoms with van der Waals surface area (Å²) in [6.45, 7) is 0. The van der Waals surface area contributed by atoms with Crippen molar-refractivity contribution in [2.24, 2.45) is 0 Å². The molecule has 2 aromatic carbocycles. The van der Waals surface area contributed by atoms with Crippen molar-refractivity contribution < 1.29 is 9.90 Å². The average molecular weight is 185 g/mol. The van der Waals surface area contributed by atoms with Gasteiger partial charge >= 0.3 is 6.09 Å². The maximum absolute atomic E-state index is 10.8. The number of anilines is 2. The molecule has 0 atom stereocenters. The van der Waals surface area contributed by atoms with Crippen LogP contribution in [0.3, 0.4) is 0 Å². The summed E-state index contributed by atoms with van der Waals surface area (Å²) in [6.07, 6.45) is -0.906. The van der Waals surface area contributed by atoms with Gasteiger partial charge in [0.1, 0.15) is 0 Å². The molecule has 0 aromatic heterocycles. The van der Waals surface area contributed by atoms with E-state index in [0.29, 0.717) is 0 Å². The van der Waals surface area contributed by atoms with Crippen molar-refractivity contribution in [1.29, 1.82) is 0 Å². The molecule has 0 aliphatic carbocycles. The van der Waals surface area contributed by atoms with Crippen molar-refractivity contribution in [2.45, 2.75) is 0 Å². The van der Waals surface area contributed by atoms with E-state index in [1.54, 1.807) is 0 Å². The third kappa shape index (κ3) is 0.785. The van der Waals surface area contributed by atoms with Gasteiger partial charge in [-0.1, -0.05) is 30.3 Å². The van der Waals surface area contributed by atoms with E-state index in [4.69, 9.17) is 5.11 Å². The zero-order chi connectivity index (χ0) is 9.71. The molecular formula is C11H7NO2. The molecule has 2 aromatic rings. The first-order valence-corrected chi connectivity index (χ1v) is 4.34. The summed E-state index contributed by atoms with van der Waals surface area (Å²) in [5.41, 5.74) is 1.63. The van der Waals surface area contributed by atoms with Gasteiger partial charge in [0.2, 0.25) is 0 Å². The smallest absolute Gasteiger partial charge is 0.416 e. The van der Waals surface area contributed by atoms with Crippen molar-refractivity contribution in [3.05, 3.63) is 36.4 Å². The number of fused-ring (bicyclic) bond motifs is 3. The second-order valence-corrected chi connectivity index (χ2v) is 3.27. The Bertz CT molecular complexity index is 548. The standard InChI is InChI=1S/C11H7NO2/c13-11(14)12-9-6-5-7-3-1-2-4-8(7)10(9)12/h1-6H,(H,13,14). The quantitative estimate of drug-likeness (QED) is 0.641. The largest absolute Gasteiger partial charge is 0.464 e. The van der Waals surface area contributed by atoms with Gasteiger partial charge in [-0.15, -0.1) is 0 Å². The van der Waals surface area contributed by atoms with Gasteiger partial charge in [0.15, 0.2) is 0 Å². The van der Waals surface area contributed by atoms with Gasteiger partial charge in [-0.25, -0.2) is 9.69 Å². The highest BCUT2D eigenvalue weighted by molar-refractivity contribution is 6.22. The van der Waals surface area contributed by atoms with Crippen LogP contribution in [0, 0.1) is 0 Å². The Labute approximate surface area is 80.2 Å². The van der Waals surface area contributed by atoms with Gasteiger partial charge in [-0.2, -0.15) is 0 Å². The highest BCUT2D eigenvalue weighted by Crippen LogP contribution is 2.52. The number of hydrogen-bond donors (Lipinski definition) is 1.